The average Bonchev–Trinajstić information content (AvgIpc) is 2.46. The third kappa shape index (κ3) is 3.81. The third-order valence-electron chi connectivity index (χ3n) is 4.84. The fourth-order valence-electron chi connectivity index (χ4n) is 3.70. The number of ketones is 1. The zero-order valence-electron chi connectivity index (χ0n) is 12.0. The Kier molecular flexibility index (Phi) is 5.68. The van der Waals surface area contributed by atoms with E-state index in [1.165, 1.54) is 64.2 Å². The first-order chi connectivity index (χ1) is 8.81. The molecule has 2 aliphatic rings. The lowest BCUT2D eigenvalue weighted by Gasteiger charge is -2.41. The van der Waals surface area contributed by atoms with Crippen molar-refractivity contribution < 1.29 is 4.79 Å². The first-order valence-electron chi connectivity index (χ1n) is 8.08. The van der Waals surface area contributed by atoms with Crippen molar-refractivity contribution in [3.63, 3.8) is 0 Å². The van der Waals surface area contributed by atoms with E-state index >= 15 is 0 Å². The predicted molar refractivity (Wildman–Crippen MR) is 75.8 cm³/mol. The van der Waals surface area contributed by atoms with Crippen LogP contribution in [0.25, 0.3) is 0 Å². The lowest BCUT2D eigenvalue weighted by molar-refractivity contribution is -0.121. The van der Waals surface area contributed by atoms with Gasteiger partial charge in [-0.3, -0.25) is 9.69 Å². The summed E-state index contributed by atoms with van der Waals surface area (Å²) >= 11 is 0. The van der Waals surface area contributed by atoms with Crippen molar-refractivity contribution in [2.45, 2.75) is 89.6 Å². The molecule has 18 heavy (non-hydrogen) atoms. The summed E-state index contributed by atoms with van der Waals surface area (Å²) in [6, 6.07) is 1.41. The largest absolute Gasteiger partial charge is 0.298 e. The first-order valence-corrected chi connectivity index (χ1v) is 8.08. The van der Waals surface area contributed by atoms with Crippen LogP contribution in [0.5, 0.6) is 0 Å². The Labute approximate surface area is 112 Å². The van der Waals surface area contributed by atoms with Crippen LogP contribution < -0.4 is 0 Å². The van der Waals surface area contributed by atoms with Gasteiger partial charge in [-0.15, -0.1) is 0 Å². The van der Waals surface area contributed by atoms with Crippen LogP contribution in [-0.2, 0) is 4.79 Å². The molecule has 0 aromatic carbocycles. The van der Waals surface area contributed by atoms with Gasteiger partial charge in [0.1, 0.15) is 5.78 Å². The van der Waals surface area contributed by atoms with E-state index in [9.17, 15) is 4.79 Å². The molecule has 0 aromatic heterocycles. The van der Waals surface area contributed by atoms with E-state index in [0.717, 1.165) is 6.54 Å². The van der Waals surface area contributed by atoms with Gasteiger partial charge in [0.2, 0.25) is 0 Å². The molecule has 0 aromatic rings. The fourth-order valence-corrected chi connectivity index (χ4v) is 3.70. The number of Topliss-reactive ketones (excluding diaryl/α,β-unsaturated/α-hetero) is 1. The summed E-state index contributed by atoms with van der Waals surface area (Å²) < 4.78 is 0. The lowest BCUT2D eigenvalue weighted by atomic mass is 9.88. The van der Waals surface area contributed by atoms with Gasteiger partial charge in [-0.05, 0) is 25.7 Å². The highest BCUT2D eigenvalue weighted by Crippen LogP contribution is 2.30. The minimum atomic E-state index is 0.436. The standard InChI is InChI=1S/C16H29NO/c1-2-16(18)13-17(14-9-5-3-6-10-14)15-11-7-4-8-12-15/h14-15H,2-13H2,1H3. The fraction of sp³-hybridized carbons (Fsp3) is 0.938. The van der Waals surface area contributed by atoms with Gasteiger partial charge in [-0.1, -0.05) is 45.4 Å². The minimum Gasteiger partial charge on any atom is -0.298 e. The molecule has 2 fully saturated rings. The predicted octanol–water partition coefficient (Wildman–Crippen LogP) is 3.93. The lowest BCUT2D eigenvalue weighted by Crippen LogP contribution is -2.47. The van der Waals surface area contributed by atoms with Crippen LogP contribution in [0, 0.1) is 0 Å². The second-order valence-corrected chi connectivity index (χ2v) is 6.15. The molecule has 0 aliphatic heterocycles. The third-order valence-corrected chi connectivity index (χ3v) is 4.84. The number of hydrogen-bond acceptors (Lipinski definition) is 2. The minimum absolute atomic E-state index is 0.436. The molecule has 0 radical (unpaired) electrons. The van der Waals surface area contributed by atoms with Gasteiger partial charge in [-0.2, -0.15) is 0 Å². The van der Waals surface area contributed by atoms with Gasteiger partial charge in [-0.25, -0.2) is 0 Å². The SMILES string of the molecule is CCC(=O)CN(C1CCCCC1)C1CCCCC1. The van der Waals surface area contributed by atoms with E-state index < -0.39 is 0 Å². The van der Waals surface area contributed by atoms with Crippen LogP contribution in [0.4, 0.5) is 0 Å². The highest BCUT2D eigenvalue weighted by atomic mass is 16.1. The van der Waals surface area contributed by atoms with Crippen LogP contribution in [0.3, 0.4) is 0 Å². The Bertz CT molecular complexity index is 234. The molecule has 0 amide bonds. The van der Waals surface area contributed by atoms with Crippen LogP contribution >= 0.6 is 0 Å². The Morgan fingerprint density at radius 1 is 0.889 bits per heavy atom. The summed E-state index contributed by atoms with van der Waals surface area (Å²) in [7, 11) is 0. The highest BCUT2D eigenvalue weighted by Gasteiger charge is 2.29. The van der Waals surface area contributed by atoms with Crippen LogP contribution in [0.15, 0.2) is 0 Å². The molecule has 104 valence electrons. The van der Waals surface area contributed by atoms with Crippen molar-refractivity contribution in [1.29, 1.82) is 0 Å². The molecular weight excluding hydrogens is 222 g/mol. The van der Waals surface area contributed by atoms with Crippen molar-refractivity contribution in [2.75, 3.05) is 6.54 Å². The molecule has 0 spiro atoms. The molecule has 2 saturated carbocycles. The van der Waals surface area contributed by atoms with Crippen molar-refractivity contribution in [2.24, 2.45) is 0 Å². The van der Waals surface area contributed by atoms with E-state index in [1.54, 1.807) is 0 Å². The molecule has 2 rings (SSSR count). The van der Waals surface area contributed by atoms with Crippen molar-refractivity contribution in [3.05, 3.63) is 0 Å². The number of carbonyl (C=O) groups is 1. The van der Waals surface area contributed by atoms with Gasteiger partial charge >= 0.3 is 0 Å². The molecule has 2 heteroatoms. The second kappa shape index (κ2) is 7.28. The zero-order valence-corrected chi connectivity index (χ0v) is 12.0. The summed E-state index contributed by atoms with van der Waals surface area (Å²) in [6.07, 6.45) is 14.3. The first kappa shape index (κ1) is 14.0. The number of hydrogen-bond donors (Lipinski definition) is 0. The van der Waals surface area contributed by atoms with Crippen LogP contribution in [0.2, 0.25) is 0 Å². The number of carbonyl (C=O) groups excluding carboxylic acids is 1. The molecule has 0 heterocycles. The summed E-state index contributed by atoms with van der Waals surface area (Å²) in [5.74, 6) is 0.436. The summed E-state index contributed by atoms with van der Waals surface area (Å²) in [4.78, 5) is 14.5. The maximum Gasteiger partial charge on any atom is 0.146 e. The molecule has 0 N–H and O–H groups in total. The molecule has 0 bridgehead atoms. The highest BCUT2D eigenvalue weighted by molar-refractivity contribution is 5.80. The van der Waals surface area contributed by atoms with Gasteiger partial charge in [0.15, 0.2) is 0 Å². The van der Waals surface area contributed by atoms with E-state index in [4.69, 9.17) is 0 Å². The average molecular weight is 251 g/mol. The number of rotatable bonds is 5. The zero-order chi connectivity index (χ0) is 12.8. The van der Waals surface area contributed by atoms with Gasteiger partial charge in [0.25, 0.3) is 0 Å². The summed E-state index contributed by atoms with van der Waals surface area (Å²) in [5, 5.41) is 0. The maximum atomic E-state index is 11.9. The normalized spacial score (nSPS) is 23.4. The number of nitrogens with zero attached hydrogens (tertiary/aromatic N) is 1. The van der Waals surface area contributed by atoms with Crippen molar-refractivity contribution >= 4 is 5.78 Å². The topological polar surface area (TPSA) is 20.3 Å². The Morgan fingerprint density at radius 2 is 1.33 bits per heavy atom. The summed E-state index contributed by atoms with van der Waals surface area (Å²) in [6.45, 7) is 2.73. The van der Waals surface area contributed by atoms with E-state index in [0.29, 0.717) is 24.3 Å². The molecule has 2 aliphatic carbocycles. The van der Waals surface area contributed by atoms with E-state index in [-0.39, 0.29) is 0 Å². The molecule has 0 atom stereocenters. The Morgan fingerprint density at radius 3 is 1.72 bits per heavy atom. The molecule has 0 saturated heterocycles. The maximum absolute atomic E-state index is 11.9. The second-order valence-electron chi connectivity index (χ2n) is 6.15. The van der Waals surface area contributed by atoms with Crippen molar-refractivity contribution in [1.82, 2.24) is 4.90 Å². The van der Waals surface area contributed by atoms with Gasteiger partial charge in [0, 0.05) is 18.5 Å². The quantitative estimate of drug-likeness (QED) is 0.738. The van der Waals surface area contributed by atoms with E-state index in [2.05, 4.69) is 4.90 Å². The smallest absolute Gasteiger partial charge is 0.146 e. The monoisotopic (exact) mass is 251 g/mol. The molecular formula is C16H29NO. The van der Waals surface area contributed by atoms with Gasteiger partial charge < -0.3 is 0 Å². The Balaban J connectivity index is 1.97. The van der Waals surface area contributed by atoms with Gasteiger partial charge in [0.05, 0.1) is 6.54 Å². The van der Waals surface area contributed by atoms with Crippen LogP contribution in [0.1, 0.15) is 77.6 Å². The molecule has 0 unspecified atom stereocenters. The van der Waals surface area contributed by atoms with E-state index in [1.807, 2.05) is 6.92 Å². The molecule has 2 nitrogen and oxygen atoms in total. The Hall–Kier alpha value is -0.370. The summed E-state index contributed by atoms with van der Waals surface area (Å²) in [5.41, 5.74) is 0. The van der Waals surface area contributed by atoms with Crippen LogP contribution in [-0.4, -0.2) is 29.3 Å². The van der Waals surface area contributed by atoms with Crippen molar-refractivity contribution in [3.8, 4) is 0 Å².